The van der Waals surface area contributed by atoms with Crippen LogP contribution in [0.2, 0.25) is 0 Å². The molecule has 1 aliphatic rings. The van der Waals surface area contributed by atoms with Crippen molar-refractivity contribution >= 4 is 11.4 Å². The predicted molar refractivity (Wildman–Crippen MR) is 73.2 cm³/mol. The van der Waals surface area contributed by atoms with Crippen molar-refractivity contribution in [2.45, 2.75) is 20.3 Å². The summed E-state index contributed by atoms with van der Waals surface area (Å²) in [5, 5.41) is 0. The zero-order valence-electron chi connectivity index (χ0n) is 10.6. The molecule has 0 aliphatic carbocycles. The number of para-hydroxylation sites is 1. The summed E-state index contributed by atoms with van der Waals surface area (Å²) < 4.78 is 0. The molecule has 0 atom stereocenters. The third-order valence-electron chi connectivity index (χ3n) is 3.85. The quantitative estimate of drug-likeness (QED) is 0.653. The van der Waals surface area contributed by atoms with Gasteiger partial charge < -0.3 is 4.90 Å². The van der Waals surface area contributed by atoms with Crippen molar-refractivity contribution in [3.63, 3.8) is 0 Å². The first kappa shape index (κ1) is 10.4. The third kappa shape index (κ3) is 1.46. The SMILES string of the molecule is Cc1ccc2c(c1C)N(C)c1ccccc1C2. The summed E-state index contributed by atoms with van der Waals surface area (Å²) in [7, 11) is 2.17. The number of hydrogen-bond acceptors (Lipinski definition) is 1. The van der Waals surface area contributed by atoms with Gasteiger partial charge in [-0.2, -0.15) is 0 Å². The Bertz CT molecular complexity index is 584. The molecule has 1 heterocycles. The molecule has 1 aliphatic heterocycles. The van der Waals surface area contributed by atoms with Gasteiger partial charge in [0, 0.05) is 24.8 Å². The minimum absolute atomic E-state index is 1.05. The molecule has 0 saturated carbocycles. The van der Waals surface area contributed by atoms with E-state index in [0.717, 1.165) is 6.42 Å². The summed E-state index contributed by atoms with van der Waals surface area (Å²) in [5.74, 6) is 0. The van der Waals surface area contributed by atoms with Crippen molar-refractivity contribution in [3.05, 3.63) is 58.7 Å². The molecule has 0 saturated heterocycles. The van der Waals surface area contributed by atoms with Crippen molar-refractivity contribution < 1.29 is 0 Å². The van der Waals surface area contributed by atoms with Gasteiger partial charge in [-0.1, -0.05) is 30.3 Å². The van der Waals surface area contributed by atoms with Gasteiger partial charge in [0.2, 0.25) is 0 Å². The zero-order valence-corrected chi connectivity index (χ0v) is 10.6. The molecule has 0 fully saturated rings. The molecule has 2 aromatic rings. The largest absolute Gasteiger partial charge is 0.344 e. The summed E-state index contributed by atoms with van der Waals surface area (Å²) in [6.07, 6.45) is 1.05. The van der Waals surface area contributed by atoms with Crippen LogP contribution in [0.25, 0.3) is 0 Å². The molecule has 0 bridgehead atoms. The average Bonchev–Trinajstić information content (AvgIpc) is 2.34. The van der Waals surface area contributed by atoms with Gasteiger partial charge in [-0.15, -0.1) is 0 Å². The zero-order chi connectivity index (χ0) is 12.0. The van der Waals surface area contributed by atoms with Crippen LogP contribution < -0.4 is 4.90 Å². The van der Waals surface area contributed by atoms with Gasteiger partial charge in [0.05, 0.1) is 0 Å². The van der Waals surface area contributed by atoms with Crippen LogP contribution in [0.15, 0.2) is 36.4 Å². The van der Waals surface area contributed by atoms with Crippen LogP contribution in [0.4, 0.5) is 11.4 Å². The van der Waals surface area contributed by atoms with E-state index in [0.29, 0.717) is 0 Å². The Labute approximate surface area is 103 Å². The van der Waals surface area contributed by atoms with Crippen LogP contribution in [0, 0.1) is 13.8 Å². The number of hydrogen-bond donors (Lipinski definition) is 0. The Morgan fingerprint density at radius 1 is 0.941 bits per heavy atom. The number of benzene rings is 2. The number of fused-ring (bicyclic) bond motifs is 2. The molecule has 0 radical (unpaired) electrons. The maximum Gasteiger partial charge on any atom is 0.0476 e. The fraction of sp³-hybridized carbons (Fsp3) is 0.250. The monoisotopic (exact) mass is 223 g/mol. The highest BCUT2D eigenvalue weighted by Crippen LogP contribution is 2.39. The Balaban J connectivity index is 2.24. The Morgan fingerprint density at radius 2 is 1.71 bits per heavy atom. The fourth-order valence-electron chi connectivity index (χ4n) is 2.78. The normalized spacial score (nSPS) is 13.2. The lowest BCUT2D eigenvalue weighted by Crippen LogP contribution is -2.19. The number of aryl methyl sites for hydroxylation is 1. The molecule has 0 spiro atoms. The first-order valence-corrected chi connectivity index (χ1v) is 6.09. The van der Waals surface area contributed by atoms with E-state index in [4.69, 9.17) is 0 Å². The second-order valence-corrected chi connectivity index (χ2v) is 4.88. The van der Waals surface area contributed by atoms with Gasteiger partial charge in [-0.3, -0.25) is 0 Å². The summed E-state index contributed by atoms with van der Waals surface area (Å²) in [6, 6.07) is 13.2. The second kappa shape index (κ2) is 3.63. The Hall–Kier alpha value is -1.76. The third-order valence-corrected chi connectivity index (χ3v) is 3.85. The summed E-state index contributed by atoms with van der Waals surface area (Å²) in [4.78, 5) is 2.33. The smallest absolute Gasteiger partial charge is 0.0476 e. The molecule has 0 aromatic heterocycles. The maximum absolute atomic E-state index is 2.33. The molecule has 86 valence electrons. The molecule has 1 nitrogen and oxygen atoms in total. The molecule has 0 amide bonds. The topological polar surface area (TPSA) is 3.24 Å². The lowest BCUT2D eigenvalue weighted by molar-refractivity contribution is 1.04. The van der Waals surface area contributed by atoms with Gasteiger partial charge in [-0.25, -0.2) is 0 Å². The lowest BCUT2D eigenvalue weighted by atomic mass is 9.92. The summed E-state index contributed by atoms with van der Waals surface area (Å²) in [5.41, 5.74) is 8.37. The van der Waals surface area contributed by atoms with E-state index >= 15 is 0 Å². The lowest BCUT2D eigenvalue weighted by Gasteiger charge is -2.32. The van der Waals surface area contributed by atoms with Crippen LogP contribution in [-0.2, 0) is 6.42 Å². The first-order chi connectivity index (χ1) is 8.18. The molecule has 3 rings (SSSR count). The van der Waals surface area contributed by atoms with Crippen LogP contribution >= 0.6 is 0 Å². The molecule has 1 heteroatoms. The number of nitrogens with zero attached hydrogens (tertiary/aromatic N) is 1. The molecular formula is C16H17N. The highest BCUT2D eigenvalue weighted by atomic mass is 15.1. The standard InChI is InChI=1S/C16H17N/c1-11-8-9-14-10-13-6-4-5-7-15(13)17(3)16(14)12(11)2/h4-9H,10H2,1-3H3. The van der Waals surface area contributed by atoms with Crippen molar-refractivity contribution in [2.24, 2.45) is 0 Å². The molecule has 2 aromatic carbocycles. The Morgan fingerprint density at radius 3 is 2.53 bits per heavy atom. The van der Waals surface area contributed by atoms with E-state index in [1.54, 1.807) is 0 Å². The van der Waals surface area contributed by atoms with Crippen LogP contribution in [0.1, 0.15) is 22.3 Å². The summed E-state index contributed by atoms with van der Waals surface area (Å²) in [6.45, 7) is 4.41. The van der Waals surface area contributed by atoms with Crippen molar-refractivity contribution in [3.8, 4) is 0 Å². The summed E-state index contributed by atoms with van der Waals surface area (Å²) >= 11 is 0. The molecular weight excluding hydrogens is 206 g/mol. The number of anilines is 2. The van der Waals surface area contributed by atoms with E-state index in [1.807, 2.05) is 0 Å². The van der Waals surface area contributed by atoms with Gasteiger partial charge in [0.1, 0.15) is 0 Å². The Kier molecular flexibility index (Phi) is 2.22. The van der Waals surface area contributed by atoms with Gasteiger partial charge >= 0.3 is 0 Å². The maximum atomic E-state index is 2.33. The van der Waals surface area contributed by atoms with Gasteiger partial charge in [-0.05, 0) is 42.2 Å². The van der Waals surface area contributed by atoms with Crippen molar-refractivity contribution in [1.29, 1.82) is 0 Å². The predicted octanol–water partition coefficient (Wildman–Crippen LogP) is 3.98. The fourth-order valence-corrected chi connectivity index (χ4v) is 2.78. The van der Waals surface area contributed by atoms with Crippen LogP contribution in [0.5, 0.6) is 0 Å². The van der Waals surface area contributed by atoms with Crippen LogP contribution in [-0.4, -0.2) is 7.05 Å². The van der Waals surface area contributed by atoms with Crippen molar-refractivity contribution in [1.82, 2.24) is 0 Å². The minimum Gasteiger partial charge on any atom is -0.344 e. The van der Waals surface area contributed by atoms with E-state index in [-0.39, 0.29) is 0 Å². The van der Waals surface area contributed by atoms with E-state index < -0.39 is 0 Å². The van der Waals surface area contributed by atoms with E-state index in [2.05, 4.69) is 62.2 Å². The van der Waals surface area contributed by atoms with Crippen molar-refractivity contribution in [2.75, 3.05) is 11.9 Å². The first-order valence-electron chi connectivity index (χ1n) is 6.09. The molecule has 0 N–H and O–H groups in total. The van der Waals surface area contributed by atoms with Gasteiger partial charge in [0.15, 0.2) is 0 Å². The highest BCUT2D eigenvalue weighted by molar-refractivity contribution is 5.76. The average molecular weight is 223 g/mol. The van der Waals surface area contributed by atoms with E-state index in [9.17, 15) is 0 Å². The molecule has 0 unspecified atom stereocenters. The van der Waals surface area contributed by atoms with Crippen LogP contribution in [0.3, 0.4) is 0 Å². The minimum atomic E-state index is 1.05. The van der Waals surface area contributed by atoms with E-state index in [1.165, 1.54) is 33.6 Å². The number of rotatable bonds is 0. The van der Waals surface area contributed by atoms with Gasteiger partial charge in [0.25, 0.3) is 0 Å². The highest BCUT2D eigenvalue weighted by Gasteiger charge is 2.21. The second-order valence-electron chi connectivity index (χ2n) is 4.88. The molecule has 17 heavy (non-hydrogen) atoms.